The molecule has 2 aromatic rings. The van der Waals surface area contributed by atoms with E-state index in [-0.39, 0.29) is 5.56 Å². The summed E-state index contributed by atoms with van der Waals surface area (Å²) in [6.45, 7) is 4.67. The van der Waals surface area contributed by atoms with E-state index in [9.17, 15) is 4.79 Å². The number of pyridine rings is 2. The van der Waals surface area contributed by atoms with Crippen LogP contribution in [0.1, 0.15) is 50.1 Å². The smallest absolute Gasteiger partial charge is 0.250 e. The number of nitrogens with one attached hydrogen (secondary N) is 1. The number of hydrogen-bond donors (Lipinski definition) is 1. The Labute approximate surface area is 161 Å². The van der Waals surface area contributed by atoms with Crippen LogP contribution in [0.15, 0.2) is 41.5 Å². The zero-order valence-electron chi connectivity index (χ0n) is 16.1. The van der Waals surface area contributed by atoms with Crippen molar-refractivity contribution in [1.29, 1.82) is 0 Å². The summed E-state index contributed by atoms with van der Waals surface area (Å²) in [5.74, 6) is 2.07. The van der Waals surface area contributed by atoms with Gasteiger partial charge in [-0.25, -0.2) is 0 Å². The topological polar surface area (TPSA) is 39.3 Å². The van der Waals surface area contributed by atoms with Gasteiger partial charge in [0.15, 0.2) is 0 Å². The highest BCUT2D eigenvalue weighted by molar-refractivity contribution is 5.66. The Morgan fingerprint density at radius 2 is 2.00 bits per heavy atom. The number of fused-ring (bicyclic) bond motifs is 4. The number of piperidine rings is 1. The number of aromatic nitrogens is 2. The monoisotopic (exact) mass is 364 g/mol. The van der Waals surface area contributed by atoms with Gasteiger partial charge >= 0.3 is 0 Å². The second-order valence-corrected chi connectivity index (χ2v) is 8.99. The third kappa shape index (κ3) is 3.36. The summed E-state index contributed by atoms with van der Waals surface area (Å²) in [4.78, 5) is 18.7. The van der Waals surface area contributed by atoms with Gasteiger partial charge < -0.3 is 9.47 Å². The van der Waals surface area contributed by atoms with E-state index in [1.165, 1.54) is 69.4 Å². The molecule has 2 aromatic heterocycles. The molecule has 1 saturated heterocycles. The van der Waals surface area contributed by atoms with E-state index in [1.807, 2.05) is 24.5 Å². The summed E-state index contributed by atoms with van der Waals surface area (Å²) in [7, 11) is 0. The van der Waals surface area contributed by atoms with Crippen molar-refractivity contribution in [2.45, 2.75) is 51.0 Å². The molecule has 0 amide bonds. The fraction of sp³-hybridized carbons (Fsp3) is 0.565. The molecule has 4 heterocycles. The van der Waals surface area contributed by atoms with Crippen molar-refractivity contribution in [2.24, 2.45) is 11.8 Å². The lowest BCUT2D eigenvalue weighted by molar-refractivity contribution is -0.914. The van der Waals surface area contributed by atoms with Crippen molar-refractivity contribution in [2.75, 3.05) is 19.6 Å². The summed E-state index contributed by atoms with van der Waals surface area (Å²) < 4.78 is 2.08. The van der Waals surface area contributed by atoms with E-state index in [2.05, 4.69) is 15.6 Å². The van der Waals surface area contributed by atoms with Crippen molar-refractivity contribution in [3.8, 4) is 11.1 Å². The van der Waals surface area contributed by atoms with Crippen molar-refractivity contribution in [3.63, 3.8) is 0 Å². The van der Waals surface area contributed by atoms with Gasteiger partial charge in [0, 0.05) is 59.6 Å². The molecule has 2 fully saturated rings. The van der Waals surface area contributed by atoms with Crippen LogP contribution < -0.4 is 10.5 Å². The first kappa shape index (κ1) is 17.2. The van der Waals surface area contributed by atoms with Crippen LogP contribution in [0.3, 0.4) is 0 Å². The Morgan fingerprint density at radius 3 is 2.81 bits per heavy atom. The van der Waals surface area contributed by atoms with E-state index < -0.39 is 0 Å². The minimum atomic E-state index is 0.170. The van der Waals surface area contributed by atoms with Gasteiger partial charge in [0.2, 0.25) is 0 Å². The first-order valence-electron chi connectivity index (χ1n) is 10.8. The van der Waals surface area contributed by atoms with Crippen LogP contribution in [-0.2, 0) is 6.54 Å². The van der Waals surface area contributed by atoms with E-state index >= 15 is 0 Å². The predicted octanol–water partition coefficient (Wildman–Crippen LogP) is 2.49. The predicted molar refractivity (Wildman–Crippen MR) is 107 cm³/mol. The summed E-state index contributed by atoms with van der Waals surface area (Å²) in [5, 5.41) is 0. The van der Waals surface area contributed by atoms with Crippen LogP contribution in [-0.4, -0.2) is 29.2 Å². The molecule has 142 valence electrons. The van der Waals surface area contributed by atoms with Crippen LogP contribution in [0.2, 0.25) is 0 Å². The van der Waals surface area contributed by atoms with E-state index in [0.717, 1.165) is 18.0 Å². The van der Waals surface area contributed by atoms with Gasteiger partial charge in [-0.15, -0.1) is 0 Å². The minimum Gasteiger partial charge on any atom is -0.334 e. The van der Waals surface area contributed by atoms with Crippen LogP contribution in [0.25, 0.3) is 11.1 Å². The largest absolute Gasteiger partial charge is 0.334 e. The molecule has 5 rings (SSSR count). The molecule has 1 unspecified atom stereocenters. The molecule has 4 heteroatoms. The zero-order valence-corrected chi connectivity index (χ0v) is 16.1. The number of likely N-dealkylation sites (tertiary alicyclic amines) is 1. The normalized spacial score (nSPS) is 27.9. The van der Waals surface area contributed by atoms with E-state index in [1.54, 1.807) is 11.0 Å². The lowest BCUT2D eigenvalue weighted by Crippen LogP contribution is -3.15. The molecule has 1 aliphatic carbocycles. The van der Waals surface area contributed by atoms with Gasteiger partial charge in [-0.3, -0.25) is 9.78 Å². The molecule has 0 aromatic carbocycles. The first-order valence-corrected chi connectivity index (χ1v) is 10.8. The van der Waals surface area contributed by atoms with Crippen molar-refractivity contribution in [1.82, 2.24) is 9.55 Å². The molecule has 0 radical (unpaired) electrons. The Bertz CT molecular complexity index is 854. The number of hydrogen-bond acceptors (Lipinski definition) is 2. The summed E-state index contributed by atoms with van der Waals surface area (Å²) in [5.41, 5.74) is 3.79. The second kappa shape index (κ2) is 7.23. The third-order valence-corrected chi connectivity index (χ3v) is 7.06. The molecule has 3 aliphatic rings. The molecule has 2 bridgehead atoms. The van der Waals surface area contributed by atoms with Gasteiger partial charge in [0.1, 0.15) is 0 Å². The number of rotatable bonds is 3. The van der Waals surface area contributed by atoms with Gasteiger partial charge in [0.05, 0.1) is 19.6 Å². The summed E-state index contributed by atoms with van der Waals surface area (Å²) >= 11 is 0. The average molecular weight is 365 g/mol. The SMILES string of the molecule is O=c1ccc(-c2cccnc2)c2n1C[C@H]1C[C@@H]2C[NH+](CC2CCCCC2)C1. The summed E-state index contributed by atoms with van der Waals surface area (Å²) in [6.07, 6.45) is 12.1. The molecular formula is C23H30N3O+. The molecular weight excluding hydrogens is 334 g/mol. The second-order valence-electron chi connectivity index (χ2n) is 8.99. The van der Waals surface area contributed by atoms with Crippen LogP contribution in [0, 0.1) is 11.8 Å². The average Bonchev–Trinajstić information content (AvgIpc) is 2.70. The van der Waals surface area contributed by atoms with Crippen molar-refractivity contribution in [3.05, 3.63) is 52.7 Å². The maximum atomic E-state index is 12.6. The molecule has 0 spiro atoms. The zero-order chi connectivity index (χ0) is 18.2. The van der Waals surface area contributed by atoms with Crippen LogP contribution >= 0.6 is 0 Å². The molecule has 27 heavy (non-hydrogen) atoms. The number of nitrogens with zero attached hydrogens (tertiary/aromatic N) is 2. The van der Waals surface area contributed by atoms with Crippen molar-refractivity contribution >= 4 is 0 Å². The van der Waals surface area contributed by atoms with Gasteiger partial charge in [-0.05, 0) is 31.4 Å². The summed E-state index contributed by atoms with van der Waals surface area (Å²) in [6, 6.07) is 7.89. The molecule has 2 aliphatic heterocycles. The van der Waals surface area contributed by atoms with Gasteiger partial charge in [-0.1, -0.05) is 25.3 Å². The van der Waals surface area contributed by atoms with Gasteiger partial charge in [0.25, 0.3) is 5.56 Å². The fourth-order valence-electron chi connectivity index (χ4n) is 5.97. The molecule has 1 N–H and O–H groups in total. The van der Waals surface area contributed by atoms with Gasteiger partial charge in [-0.2, -0.15) is 0 Å². The maximum Gasteiger partial charge on any atom is 0.250 e. The maximum absolute atomic E-state index is 12.6. The fourth-order valence-corrected chi connectivity index (χ4v) is 5.97. The molecule has 4 nitrogen and oxygen atoms in total. The lowest BCUT2D eigenvalue weighted by Gasteiger charge is -2.42. The Morgan fingerprint density at radius 1 is 1.11 bits per heavy atom. The van der Waals surface area contributed by atoms with Crippen LogP contribution in [0.4, 0.5) is 0 Å². The highest BCUT2D eigenvalue weighted by Gasteiger charge is 2.39. The van der Waals surface area contributed by atoms with Crippen LogP contribution in [0.5, 0.6) is 0 Å². The standard InChI is InChI=1S/C23H29N3O/c27-22-9-8-21(19-7-4-10-24-12-19)23-20-11-18(15-26(22)23)14-25(16-20)13-17-5-2-1-3-6-17/h4,7-10,12,17-18,20H,1-3,5-6,11,13-16H2/p+1/t18-,20+/m0/s1. The Hall–Kier alpha value is -1.94. The van der Waals surface area contributed by atoms with Crippen molar-refractivity contribution < 1.29 is 4.90 Å². The first-order chi connectivity index (χ1) is 13.3. The van der Waals surface area contributed by atoms with E-state index in [0.29, 0.717) is 11.8 Å². The quantitative estimate of drug-likeness (QED) is 0.909. The highest BCUT2D eigenvalue weighted by atomic mass is 16.1. The minimum absolute atomic E-state index is 0.170. The lowest BCUT2D eigenvalue weighted by atomic mass is 9.80. The Kier molecular flexibility index (Phi) is 4.60. The van der Waals surface area contributed by atoms with E-state index in [4.69, 9.17) is 0 Å². The highest BCUT2D eigenvalue weighted by Crippen LogP contribution is 2.36. The third-order valence-electron chi connectivity index (χ3n) is 7.06. The molecule has 1 saturated carbocycles. The Balaban J connectivity index is 1.46. The molecule has 3 atom stereocenters. The number of quaternary nitrogens is 1.